The number of carbonyl (C=O) groups excluding carboxylic acids is 1. The Bertz CT molecular complexity index is 1290. The summed E-state index contributed by atoms with van der Waals surface area (Å²) >= 11 is 0. The molecule has 39 heavy (non-hydrogen) atoms. The van der Waals surface area contributed by atoms with Crippen LogP contribution >= 0.6 is 0 Å². The van der Waals surface area contributed by atoms with Crippen LogP contribution in [0.1, 0.15) is 42.1 Å². The lowest BCUT2D eigenvalue weighted by Crippen LogP contribution is -2.52. The maximum atomic E-state index is 11.8. The fourth-order valence-electron chi connectivity index (χ4n) is 5.59. The smallest absolute Gasteiger partial charge is 0.307 e. The van der Waals surface area contributed by atoms with Gasteiger partial charge in [-0.25, -0.2) is 0 Å². The van der Waals surface area contributed by atoms with E-state index >= 15 is 0 Å². The van der Waals surface area contributed by atoms with E-state index in [9.17, 15) is 9.90 Å². The summed E-state index contributed by atoms with van der Waals surface area (Å²) in [5.41, 5.74) is 4.69. The molecule has 1 aliphatic rings. The highest BCUT2D eigenvalue weighted by molar-refractivity contribution is 5.69. The molecule has 0 saturated carbocycles. The van der Waals surface area contributed by atoms with Crippen molar-refractivity contribution in [2.24, 2.45) is 0 Å². The van der Waals surface area contributed by atoms with Crippen LogP contribution in [0.3, 0.4) is 0 Å². The lowest BCUT2D eigenvalue weighted by atomic mass is 9.74. The predicted molar refractivity (Wildman–Crippen MR) is 153 cm³/mol. The molecule has 0 bridgehead atoms. The number of aliphatic hydroxyl groups excluding tert-OH is 1. The summed E-state index contributed by atoms with van der Waals surface area (Å²) in [6, 6.07) is 33.8. The van der Waals surface area contributed by atoms with Crippen LogP contribution in [-0.4, -0.2) is 51.6 Å². The van der Waals surface area contributed by atoms with Crippen LogP contribution in [0.25, 0.3) is 6.08 Å². The summed E-state index contributed by atoms with van der Waals surface area (Å²) in [5.74, 6) is -0.231. The lowest BCUT2D eigenvalue weighted by molar-refractivity contribution is -0.143. The molecule has 3 aromatic carbocycles. The van der Waals surface area contributed by atoms with Gasteiger partial charge in [-0.15, -0.1) is 0 Å². The number of nitrogens with zero attached hydrogens (tertiary/aromatic N) is 3. The number of rotatable bonds is 9. The number of aromatic nitrogens is 2. The largest absolute Gasteiger partial charge is 0.466 e. The average molecular weight is 522 g/mol. The highest BCUT2D eigenvalue weighted by Gasteiger charge is 2.44. The van der Waals surface area contributed by atoms with Gasteiger partial charge >= 0.3 is 5.97 Å². The second kappa shape index (κ2) is 12.2. The van der Waals surface area contributed by atoms with E-state index in [1.165, 1.54) is 16.7 Å². The van der Waals surface area contributed by atoms with Gasteiger partial charge in [-0.05, 0) is 47.8 Å². The first-order chi connectivity index (χ1) is 19.1. The molecule has 1 N–H and O–H groups in total. The molecule has 0 radical (unpaired) electrons. The summed E-state index contributed by atoms with van der Waals surface area (Å²) in [4.78, 5) is 14.2. The Hall–Kier alpha value is -4.00. The maximum Gasteiger partial charge on any atom is 0.307 e. The number of ether oxygens (including phenoxy) is 1. The van der Waals surface area contributed by atoms with Gasteiger partial charge in [0.05, 0.1) is 36.9 Å². The van der Waals surface area contributed by atoms with Crippen molar-refractivity contribution in [1.82, 2.24) is 14.7 Å². The number of piperidine rings is 1. The van der Waals surface area contributed by atoms with Crippen molar-refractivity contribution >= 4 is 12.0 Å². The van der Waals surface area contributed by atoms with Crippen LogP contribution in [0.15, 0.2) is 109 Å². The molecule has 1 fully saturated rings. The van der Waals surface area contributed by atoms with Crippen molar-refractivity contribution in [3.63, 3.8) is 0 Å². The van der Waals surface area contributed by atoms with E-state index in [1.54, 1.807) is 11.6 Å². The summed E-state index contributed by atoms with van der Waals surface area (Å²) in [5, 5.41) is 15.7. The molecule has 200 valence electrons. The number of aliphatic hydroxyl groups is 1. The second-order valence-corrected chi connectivity index (χ2v) is 9.81. The average Bonchev–Trinajstić information content (AvgIpc) is 3.43. The van der Waals surface area contributed by atoms with E-state index in [0.717, 1.165) is 17.8 Å². The Kier molecular flexibility index (Phi) is 8.35. The van der Waals surface area contributed by atoms with Gasteiger partial charge in [0.2, 0.25) is 0 Å². The zero-order chi connectivity index (χ0) is 27.1. The van der Waals surface area contributed by atoms with Crippen LogP contribution in [-0.2, 0) is 21.6 Å². The van der Waals surface area contributed by atoms with E-state index in [0.29, 0.717) is 26.1 Å². The van der Waals surface area contributed by atoms with Gasteiger partial charge in [0, 0.05) is 19.3 Å². The highest BCUT2D eigenvalue weighted by Crippen LogP contribution is 2.44. The third-order valence-corrected chi connectivity index (χ3v) is 7.37. The summed E-state index contributed by atoms with van der Waals surface area (Å²) < 4.78 is 6.78. The van der Waals surface area contributed by atoms with Crippen molar-refractivity contribution in [3.05, 3.63) is 131 Å². The number of hydrogen-bond donors (Lipinski definition) is 1. The molecule has 6 nitrogen and oxygen atoms in total. The minimum atomic E-state index is -0.550. The quantitative estimate of drug-likeness (QED) is 0.240. The zero-order valence-electron chi connectivity index (χ0n) is 22.3. The van der Waals surface area contributed by atoms with Gasteiger partial charge in [-0.3, -0.25) is 14.4 Å². The first kappa shape index (κ1) is 26.6. The SMILES string of the molecule is CCOC(=O)CCn1ccc(/C=C2/CN(C(c3ccccc3)(c3ccccc3)c3ccccc3)CCC2O)n1. The van der Waals surface area contributed by atoms with Crippen molar-refractivity contribution < 1.29 is 14.6 Å². The van der Waals surface area contributed by atoms with Crippen LogP contribution in [0.4, 0.5) is 0 Å². The second-order valence-electron chi connectivity index (χ2n) is 9.81. The zero-order valence-corrected chi connectivity index (χ0v) is 22.3. The lowest BCUT2D eigenvalue weighted by Gasteiger charge is -2.48. The third kappa shape index (κ3) is 5.72. The third-order valence-electron chi connectivity index (χ3n) is 7.37. The molecular weight excluding hydrogens is 486 g/mol. The Morgan fingerprint density at radius 3 is 2.05 bits per heavy atom. The van der Waals surface area contributed by atoms with E-state index in [2.05, 4.69) is 82.8 Å². The molecule has 1 atom stereocenters. The number of hydrogen-bond acceptors (Lipinski definition) is 5. The Balaban J connectivity index is 1.52. The van der Waals surface area contributed by atoms with E-state index < -0.39 is 11.6 Å². The molecule has 5 rings (SSSR count). The van der Waals surface area contributed by atoms with Crippen LogP contribution in [0.2, 0.25) is 0 Å². The summed E-state index contributed by atoms with van der Waals surface area (Å²) in [7, 11) is 0. The molecule has 6 heteroatoms. The van der Waals surface area contributed by atoms with E-state index in [-0.39, 0.29) is 12.4 Å². The molecule has 1 saturated heterocycles. The minimum absolute atomic E-state index is 0.231. The summed E-state index contributed by atoms with van der Waals surface area (Å²) in [6.45, 7) is 3.94. The highest BCUT2D eigenvalue weighted by atomic mass is 16.5. The molecule has 1 unspecified atom stereocenters. The number of esters is 1. The first-order valence-corrected chi connectivity index (χ1v) is 13.6. The maximum absolute atomic E-state index is 11.8. The van der Waals surface area contributed by atoms with Crippen LogP contribution < -0.4 is 0 Å². The first-order valence-electron chi connectivity index (χ1n) is 13.6. The number of benzene rings is 3. The molecule has 1 aliphatic heterocycles. The molecule has 0 amide bonds. The van der Waals surface area contributed by atoms with Crippen LogP contribution in [0.5, 0.6) is 0 Å². The molecule has 2 heterocycles. The van der Waals surface area contributed by atoms with E-state index in [4.69, 9.17) is 4.74 Å². The van der Waals surface area contributed by atoms with Gasteiger partial charge in [-0.2, -0.15) is 5.10 Å². The van der Waals surface area contributed by atoms with Crippen molar-refractivity contribution in [2.75, 3.05) is 19.7 Å². The Labute approximate surface area is 230 Å². The number of likely N-dealkylation sites (tertiary alicyclic amines) is 1. The standard InChI is InChI=1S/C33H35N3O3/c1-2-39-32(38)20-23-36-22-18-30(34-36)24-26-25-35(21-19-31(26)37)33(27-12-6-3-7-13-27,28-14-8-4-9-15-28)29-16-10-5-11-17-29/h3-18,22,24,31,37H,2,19-21,23,25H2,1H3/b26-24-. The molecular formula is C33H35N3O3. The normalized spacial score (nSPS) is 17.3. The van der Waals surface area contributed by atoms with Crippen LogP contribution in [0, 0.1) is 0 Å². The van der Waals surface area contributed by atoms with Crippen molar-refractivity contribution in [1.29, 1.82) is 0 Å². The van der Waals surface area contributed by atoms with Crippen molar-refractivity contribution in [3.8, 4) is 0 Å². The van der Waals surface area contributed by atoms with Gasteiger partial charge in [0.25, 0.3) is 0 Å². The molecule has 4 aromatic rings. The summed E-state index contributed by atoms with van der Waals surface area (Å²) in [6.07, 6.45) is 4.19. The molecule has 1 aromatic heterocycles. The fraction of sp³-hybridized carbons (Fsp3) is 0.273. The number of carbonyl (C=O) groups is 1. The monoisotopic (exact) mass is 521 g/mol. The molecule has 0 aliphatic carbocycles. The fourth-order valence-corrected chi connectivity index (χ4v) is 5.59. The van der Waals surface area contributed by atoms with Gasteiger partial charge < -0.3 is 9.84 Å². The minimum Gasteiger partial charge on any atom is -0.466 e. The topological polar surface area (TPSA) is 67.6 Å². The predicted octanol–water partition coefficient (Wildman–Crippen LogP) is 5.28. The van der Waals surface area contributed by atoms with Gasteiger partial charge in [-0.1, -0.05) is 91.0 Å². The van der Waals surface area contributed by atoms with E-state index in [1.807, 2.05) is 36.5 Å². The molecule has 0 spiro atoms. The Morgan fingerprint density at radius 1 is 0.949 bits per heavy atom. The van der Waals surface area contributed by atoms with Gasteiger partial charge in [0.15, 0.2) is 0 Å². The Morgan fingerprint density at radius 2 is 1.51 bits per heavy atom. The van der Waals surface area contributed by atoms with Crippen molar-refractivity contribution in [2.45, 2.75) is 38.0 Å². The number of aryl methyl sites for hydroxylation is 1. The van der Waals surface area contributed by atoms with Gasteiger partial charge in [0.1, 0.15) is 0 Å².